The standard InChI is InChI=1S/C15H16N2O4/c1-16-4-6-17(7-5-16)9-8-12(20)13-10(18)2-3-11(19)14(13)15(9)21/h2-3,8,20-21H,4-7H2,1H3. The number of hydrogen-bond donors (Lipinski definition) is 2. The van der Waals surface area contributed by atoms with Crippen molar-refractivity contribution in [2.45, 2.75) is 0 Å². The van der Waals surface area contributed by atoms with Crippen molar-refractivity contribution in [2.24, 2.45) is 0 Å². The van der Waals surface area contributed by atoms with Crippen LogP contribution in [0.3, 0.4) is 0 Å². The molecule has 1 heterocycles. The highest BCUT2D eigenvalue weighted by Crippen LogP contribution is 2.41. The summed E-state index contributed by atoms with van der Waals surface area (Å²) >= 11 is 0. The lowest BCUT2D eigenvalue weighted by Crippen LogP contribution is -2.44. The zero-order valence-corrected chi connectivity index (χ0v) is 11.7. The van der Waals surface area contributed by atoms with Crippen LogP contribution in [-0.2, 0) is 0 Å². The van der Waals surface area contributed by atoms with Gasteiger partial charge in [-0.25, -0.2) is 0 Å². The minimum atomic E-state index is -0.470. The number of benzene rings is 1. The Morgan fingerprint density at radius 2 is 1.52 bits per heavy atom. The van der Waals surface area contributed by atoms with Crippen molar-refractivity contribution in [3.63, 3.8) is 0 Å². The minimum Gasteiger partial charge on any atom is -0.507 e. The molecular weight excluding hydrogens is 272 g/mol. The Hall–Kier alpha value is -2.34. The van der Waals surface area contributed by atoms with Gasteiger partial charge in [0.1, 0.15) is 5.75 Å². The van der Waals surface area contributed by atoms with Gasteiger partial charge in [-0.1, -0.05) is 0 Å². The van der Waals surface area contributed by atoms with Gasteiger partial charge in [0, 0.05) is 32.2 Å². The number of carbonyl (C=O) groups excluding carboxylic acids is 2. The quantitative estimate of drug-likeness (QED) is 0.743. The second-order valence-electron chi connectivity index (χ2n) is 5.37. The summed E-state index contributed by atoms with van der Waals surface area (Å²) in [5, 5.41) is 20.5. The maximum Gasteiger partial charge on any atom is 0.190 e. The molecule has 21 heavy (non-hydrogen) atoms. The van der Waals surface area contributed by atoms with Crippen LogP contribution in [0.2, 0.25) is 0 Å². The van der Waals surface area contributed by atoms with Gasteiger partial charge in [-0.3, -0.25) is 9.59 Å². The highest BCUT2D eigenvalue weighted by Gasteiger charge is 2.30. The number of phenolic OH excluding ortho intramolecular Hbond substituents is 2. The van der Waals surface area contributed by atoms with Crippen LogP contribution in [0.1, 0.15) is 20.7 Å². The summed E-state index contributed by atoms with van der Waals surface area (Å²) < 4.78 is 0. The molecule has 110 valence electrons. The van der Waals surface area contributed by atoms with E-state index in [2.05, 4.69) is 4.90 Å². The van der Waals surface area contributed by atoms with E-state index in [1.165, 1.54) is 6.07 Å². The topological polar surface area (TPSA) is 81.1 Å². The van der Waals surface area contributed by atoms with Crippen LogP contribution in [-0.4, -0.2) is 59.9 Å². The third-order valence-corrected chi connectivity index (χ3v) is 3.98. The van der Waals surface area contributed by atoms with E-state index in [0.29, 0.717) is 18.8 Å². The van der Waals surface area contributed by atoms with Gasteiger partial charge in [-0.05, 0) is 19.2 Å². The van der Waals surface area contributed by atoms with Gasteiger partial charge in [-0.2, -0.15) is 0 Å². The van der Waals surface area contributed by atoms with Gasteiger partial charge in [-0.15, -0.1) is 0 Å². The molecule has 1 aliphatic carbocycles. The Morgan fingerprint density at radius 3 is 2.14 bits per heavy atom. The van der Waals surface area contributed by atoms with E-state index in [-0.39, 0.29) is 22.6 Å². The number of anilines is 1. The number of piperazine rings is 1. The number of phenols is 2. The van der Waals surface area contributed by atoms with Crippen molar-refractivity contribution in [1.82, 2.24) is 4.90 Å². The molecule has 6 nitrogen and oxygen atoms in total. The van der Waals surface area contributed by atoms with E-state index in [0.717, 1.165) is 25.2 Å². The van der Waals surface area contributed by atoms with E-state index < -0.39 is 11.6 Å². The molecule has 0 radical (unpaired) electrons. The molecular formula is C15H16N2O4. The Bertz CT molecular complexity index is 658. The van der Waals surface area contributed by atoms with Gasteiger partial charge >= 0.3 is 0 Å². The summed E-state index contributed by atoms with van der Waals surface area (Å²) in [5.41, 5.74) is 0.185. The number of hydrogen-bond acceptors (Lipinski definition) is 6. The number of fused-ring (bicyclic) bond motifs is 1. The number of allylic oxidation sites excluding steroid dienone is 2. The van der Waals surface area contributed by atoms with Crippen LogP contribution in [0.15, 0.2) is 18.2 Å². The summed E-state index contributed by atoms with van der Waals surface area (Å²) in [6.07, 6.45) is 2.23. The summed E-state index contributed by atoms with van der Waals surface area (Å²) in [6, 6.07) is 1.36. The first-order chi connectivity index (χ1) is 9.99. The Kier molecular flexibility index (Phi) is 3.17. The lowest BCUT2D eigenvalue weighted by molar-refractivity contribution is 0.0989. The number of carbonyl (C=O) groups is 2. The molecule has 3 rings (SSSR count). The van der Waals surface area contributed by atoms with Crippen molar-refractivity contribution in [2.75, 3.05) is 38.1 Å². The first-order valence-corrected chi connectivity index (χ1v) is 6.78. The summed E-state index contributed by atoms with van der Waals surface area (Å²) in [4.78, 5) is 27.8. The molecule has 6 heteroatoms. The van der Waals surface area contributed by atoms with Crippen molar-refractivity contribution in [3.05, 3.63) is 29.3 Å². The lowest BCUT2D eigenvalue weighted by atomic mass is 9.92. The number of rotatable bonds is 1. The number of likely N-dealkylation sites (N-methyl/N-ethyl adjacent to an activating group) is 1. The molecule has 0 aromatic heterocycles. The zero-order valence-electron chi connectivity index (χ0n) is 11.7. The fourth-order valence-corrected chi connectivity index (χ4v) is 2.74. The molecule has 1 aliphatic heterocycles. The Balaban J connectivity index is 2.09. The largest absolute Gasteiger partial charge is 0.507 e. The summed E-state index contributed by atoms with van der Waals surface area (Å²) in [5.74, 6) is -1.43. The maximum absolute atomic E-state index is 12.0. The molecule has 0 unspecified atom stereocenters. The second kappa shape index (κ2) is 4.89. The van der Waals surface area contributed by atoms with Crippen LogP contribution in [0.25, 0.3) is 0 Å². The molecule has 1 fully saturated rings. The molecule has 1 saturated heterocycles. The minimum absolute atomic E-state index is 0.101. The van der Waals surface area contributed by atoms with Gasteiger partial charge in [0.05, 0.1) is 16.8 Å². The monoisotopic (exact) mass is 288 g/mol. The van der Waals surface area contributed by atoms with Crippen LogP contribution >= 0.6 is 0 Å². The first-order valence-electron chi connectivity index (χ1n) is 6.78. The van der Waals surface area contributed by atoms with Crippen LogP contribution in [0.5, 0.6) is 11.5 Å². The van der Waals surface area contributed by atoms with E-state index in [1.54, 1.807) is 0 Å². The smallest absolute Gasteiger partial charge is 0.190 e. The molecule has 1 aromatic rings. The zero-order chi connectivity index (χ0) is 15.1. The highest BCUT2D eigenvalue weighted by atomic mass is 16.3. The normalized spacial score (nSPS) is 19.0. The van der Waals surface area contributed by atoms with Crippen LogP contribution in [0.4, 0.5) is 5.69 Å². The van der Waals surface area contributed by atoms with Crippen molar-refractivity contribution in [3.8, 4) is 11.5 Å². The molecule has 0 atom stereocenters. The molecule has 0 spiro atoms. The van der Waals surface area contributed by atoms with Crippen molar-refractivity contribution >= 4 is 17.3 Å². The Morgan fingerprint density at radius 1 is 0.952 bits per heavy atom. The van der Waals surface area contributed by atoms with Crippen LogP contribution in [0, 0.1) is 0 Å². The lowest BCUT2D eigenvalue weighted by Gasteiger charge is -2.35. The number of aromatic hydroxyl groups is 2. The van der Waals surface area contributed by atoms with E-state index in [4.69, 9.17) is 0 Å². The molecule has 0 saturated carbocycles. The predicted octanol–water partition coefficient (Wildman–Crippen LogP) is 0.785. The predicted molar refractivity (Wildman–Crippen MR) is 77.3 cm³/mol. The van der Waals surface area contributed by atoms with Gasteiger partial charge < -0.3 is 20.0 Å². The highest BCUT2D eigenvalue weighted by molar-refractivity contribution is 6.25. The number of nitrogens with zero attached hydrogens (tertiary/aromatic N) is 2. The molecule has 2 aliphatic rings. The van der Waals surface area contributed by atoms with Gasteiger partial charge in [0.15, 0.2) is 17.3 Å². The van der Waals surface area contributed by atoms with E-state index in [1.807, 2.05) is 11.9 Å². The second-order valence-corrected chi connectivity index (χ2v) is 5.37. The fourth-order valence-electron chi connectivity index (χ4n) is 2.74. The van der Waals surface area contributed by atoms with E-state index >= 15 is 0 Å². The molecule has 2 N–H and O–H groups in total. The fraction of sp³-hybridized carbons (Fsp3) is 0.333. The average molecular weight is 288 g/mol. The third kappa shape index (κ3) is 2.17. The molecule has 1 aromatic carbocycles. The van der Waals surface area contributed by atoms with E-state index in [9.17, 15) is 19.8 Å². The maximum atomic E-state index is 12.0. The van der Waals surface area contributed by atoms with Crippen molar-refractivity contribution < 1.29 is 19.8 Å². The van der Waals surface area contributed by atoms with Crippen LogP contribution < -0.4 is 4.90 Å². The Labute approximate surface area is 121 Å². The molecule has 0 amide bonds. The SMILES string of the molecule is CN1CCN(c2cc(O)c3c(c2O)C(=O)C=CC3=O)CC1. The first kappa shape index (κ1) is 13.6. The van der Waals surface area contributed by atoms with Gasteiger partial charge in [0.2, 0.25) is 0 Å². The third-order valence-electron chi connectivity index (χ3n) is 3.98. The number of ketones is 2. The van der Waals surface area contributed by atoms with Crippen molar-refractivity contribution in [1.29, 1.82) is 0 Å². The molecule has 0 bridgehead atoms. The summed E-state index contributed by atoms with van der Waals surface area (Å²) in [6.45, 7) is 3.01. The summed E-state index contributed by atoms with van der Waals surface area (Å²) in [7, 11) is 2.01. The average Bonchev–Trinajstić information content (AvgIpc) is 2.46. The van der Waals surface area contributed by atoms with Gasteiger partial charge in [0.25, 0.3) is 0 Å².